The lowest BCUT2D eigenvalue weighted by atomic mass is 10.1. The molecule has 0 unspecified atom stereocenters. The molecule has 32 heavy (non-hydrogen) atoms. The number of hydrogen-bond acceptors (Lipinski definition) is 5. The van der Waals surface area contributed by atoms with Gasteiger partial charge in [-0.15, -0.1) is 11.3 Å². The predicted molar refractivity (Wildman–Crippen MR) is 126 cm³/mol. The van der Waals surface area contributed by atoms with Gasteiger partial charge >= 0.3 is 5.97 Å². The van der Waals surface area contributed by atoms with Crippen LogP contribution < -0.4 is 10.9 Å². The highest BCUT2D eigenvalue weighted by Gasteiger charge is 2.21. The van der Waals surface area contributed by atoms with Crippen LogP contribution in [0.4, 0.5) is 5.69 Å². The van der Waals surface area contributed by atoms with Gasteiger partial charge in [0.15, 0.2) is 0 Å². The number of aromatic carboxylic acids is 1. The fourth-order valence-corrected chi connectivity index (χ4v) is 4.54. The van der Waals surface area contributed by atoms with E-state index in [0.717, 1.165) is 28.0 Å². The minimum atomic E-state index is -1.20. The van der Waals surface area contributed by atoms with Crippen molar-refractivity contribution in [2.24, 2.45) is 0 Å². The van der Waals surface area contributed by atoms with Gasteiger partial charge in [0.2, 0.25) is 5.91 Å². The van der Waals surface area contributed by atoms with E-state index >= 15 is 0 Å². The highest BCUT2D eigenvalue weighted by molar-refractivity contribution is 7.17. The number of anilines is 1. The van der Waals surface area contributed by atoms with Crippen molar-refractivity contribution in [3.8, 4) is 11.4 Å². The maximum Gasteiger partial charge on any atom is 0.337 e. The van der Waals surface area contributed by atoms with E-state index in [1.807, 2.05) is 63.2 Å². The third kappa shape index (κ3) is 4.17. The maximum absolute atomic E-state index is 13.4. The van der Waals surface area contributed by atoms with Crippen molar-refractivity contribution in [1.29, 1.82) is 0 Å². The topological polar surface area (TPSA) is 101 Å². The van der Waals surface area contributed by atoms with Gasteiger partial charge in [-0.2, -0.15) is 0 Å². The molecule has 0 aliphatic heterocycles. The molecule has 0 saturated heterocycles. The summed E-state index contributed by atoms with van der Waals surface area (Å²) in [5.41, 5.74) is 3.68. The van der Waals surface area contributed by atoms with Crippen LogP contribution in [0.3, 0.4) is 0 Å². The van der Waals surface area contributed by atoms with Crippen molar-refractivity contribution in [2.45, 2.75) is 27.3 Å². The number of aromatic nitrogens is 2. The van der Waals surface area contributed by atoms with Gasteiger partial charge in [0.25, 0.3) is 5.56 Å². The van der Waals surface area contributed by atoms with E-state index in [4.69, 9.17) is 0 Å². The molecule has 0 saturated carbocycles. The van der Waals surface area contributed by atoms with Crippen molar-refractivity contribution >= 4 is 39.1 Å². The van der Waals surface area contributed by atoms with Crippen LogP contribution in [0.5, 0.6) is 0 Å². The van der Waals surface area contributed by atoms with Gasteiger partial charge in [0.05, 0.1) is 10.9 Å². The first-order valence-electron chi connectivity index (χ1n) is 9.93. The van der Waals surface area contributed by atoms with Crippen LogP contribution >= 0.6 is 11.3 Å². The van der Waals surface area contributed by atoms with Gasteiger partial charge in [-0.05, 0) is 44.0 Å². The highest BCUT2D eigenvalue weighted by atomic mass is 32.1. The Balaban J connectivity index is 1.82. The number of carbonyl (C=O) groups excluding carboxylic acids is 1. The number of benzene rings is 2. The Kier molecular flexibility index (Phi) is 5.63. The summed E-state index contributed by atoms with van der Waals surface area (Å²) in [5, 5.41) is 13.7. The number of carboxylic acid groups (broad SMARTS) is 1. The standard InChI is InChI=1S/C24H21N3O4S/c1-13-4-6-16(7-5-13)21-26-22-20(18(12-32-22)24(30)31)23(29)27(21)11-19(28)25-17-9-14(2)8-15(3)10-17/h4-10,12H,11H2,1-3H3,(H,25,28)(H,30,31). The lowest BCUT2D eigenvalue weighted by Gasteiger charge is -2.14. The second-order valence-corrected chi connectivity index (χ2v) is 8.61. The van der Waals surface area contributed by atoms with Gasteiger partial charge in [-0.1, -0.05) is 35.9 Å². The number of thiophene rings is 1. The van der Waals surface area contributed by atoms with Crippen molar-refractivity contribution in [3.63, 3.8) is 0 Å². The van der Waals surface area contributed by atoms with Gasteiger partial charge in [-0.3, -0.25) is 14.2 Å². The first-order chi connectivity index (χ1) is 15.2. The largest absolute Gasteiger partial charge is 0.478 e. The summed E-state index contributed by atoms with van der Waals surface area (Å²) in [6.45, 7) is 5.52. The SMILES string of the molecule is Cc1ccc(-c2nc3scc(C(=O)O)c3c(=O)n2CC(=O)Nc2cc(C)cc(C)c2)cc1. The van der Waals surface area contributed by atoms with Crippen LogP contribution in [0.15, 0.2) is 52.6 Å². The van der Waals surface area contributed by atoms with Crippen molar-refractivity contribution in [2.75, 3.05) is 5.32 Å². The molecule has 162 valence electrons. The minimum absolute atomic E-state index is 0.0116. The molecule has 0 spiro atoms. The molecular weight excluding hydrogens is 426 g/mol. The number of rotatable bonds is 5. The number of carbonyl (C=O) groups is 2. The zero-order valence-electron chi connectivity index (χ0n) is 17.8. The number of carboxylic acids is 1. The number of nitrogens with one attached hydrogen (secondary N) is 1. The van der Waals surface area contributed by atoms with Crippen molar-refractivity contribution in [3.05, 3.63) is 80.5 Å². The van der Waals surface area contributed by atoms with Crippen LogP contribution in [-0.4, -0.2) is 26.5 Å². The Bertz CT molecular complexity index is 1400. The Morgan fingerprint density at radius 1 is 1.03 bits per heavy atom. The Labute approximate surface area is 188 Å². The average Bonchev–Trinajstić information content (AvgIpc) is 3.14. The zero-order valence-corrected chi connectivity index (χ0v) is 18.6. The molecule has 2 N–H and O–H groups in total. The first kappa shape index (κ1) is 21.5. The molecule has 8 heteroatoms. The summed E-state index contributed by atoms with van der Waals surface area (Å²) in [6.07, 6.45) is 0. The smallest absolute Gasteiger partial charge is 0.337 e. The van der Waals surface area contributed by atoms with Crippen molar-refractivity contribution < 1.29 is 14.7 Å². The third-order valence-electron chi connectivity index (χ3n) is 5.04. The molecule has 0 aliphatic rings. The molecule has 7 nitrogen and oxygen atoms in total. The molecule has 0 bridgehead atoms. The molecule has 0 radical (unpaired) electrons. The van der Waals surface area contributed by atoms with E-state index in [1.54, 1.807) is 0 Å². The van der Waals surface area contributed by atoms with Gasteiger partial charge < -0.3 is 10.4 Å². The van der Waals surface area contributed by atoms with Crippen LogP contribution in [-0.2, 0) is 11.3 Å². The summed E-state index contributed by atoms with van der Waals surface area (Å²) >= 11 is 1.10. The molecule has 2 aromatic carbocycles. The second kappa shape index (κ2) is 8.39. The summed E-state index contributed by atoms with van der Waals surface area (Å²) < 4.78 is 1.24. The lowest BCUT2D eigenvalue weighted by molar-refractivity contribution is -0.116. The van der Waals surface area contributed by atoms with Gasteiger partial charge in [-0.25, -0.2) is 9.78 Å². The fourth-order valence-electron chi connectivity index (χ4n) is 3.64. The molecule has 2 aromatic heterocycles. The zero-order chi connectivity index (χ0) is 23.0. The molecule has 0 fully saturated rings. The van der Waals surface area contributed by atoms with Gasteiger partial charge in [0, 0.05) is 16.6 Å². The number of aryl methyl sites for hydroxylation is 3. The molecule has 0 atom stereocenters. The molecule has 1 amide bonds. The molecule has 4 rings (SSSR count). The lowest BCUT2D eigenvalue weighted by Crippen LogP contribution is -2.30. The van der Waals surface area contributed by atoms with Crippen LogP contribution in [0.2, 0.25) is 0 Å². The van der Waals surface area contributed by atoms with E-state index in [2.05, 4.69) is 10.3 Å². The number of hydrogen-bond donors (Lipinski definition) is 2. The van der Waals surface area contributed by atoms with Crippen molar-refractivity contribution in [1.82, 2.24) is 9.55 Å². The van der Waals surface area contributed by atoms with Crippen LogP contribution in [0.1, 0.15) is 27.0 Å². The highest BCUT2D eigenvalue weighted by Crippen LogP contribution is 2.26. The fraction of sp³-hybridized carbons (Fsp3) is 0.167. The second-order valence-electron chi connectivity index (χ2n) is 7.75. The normalized spacial score (nSPS) is 11.0. The van der Waals surface area contributed by atoms with Crippen LogP contribution in [0.25, 0.3) is 21.6 Å². The number of amides is 1. The number of fused-ring (bicyclic) bond motifs is 1. The van der Waals surface area contributed by atoms with E-state index in [1.165, 1.54) is 9.95 Å². The maximum atomic E-state index is 13.4. The van der Waals surface area contributed by atoms with E-state index < -0.39 is 17.4 Å². The average molecular weight is 448 g/mol. The Morgan fingerprint density at radius 3 is 2.31 bits per heavy atom. The summed E-state index contributed by atoms with van der Waals surface area (Å²) in [4.78, 5) is 42.7. The summed E-state index contributed by atoms with van der Waals surface area (Å²) in [7, 11) is 0. The summed E-state index contributed by atoms with van der Waals surface area (Å²) in [6, 6.07) is 13.1. The predicted octanol–water partition coefficient (Wildman–Crippen LogP) is 4.39. The molecular formula is C24H21N3O4S. The molecule has 4 aromatic rings. The molecule has 2 heterocycles. The third-order valence-corrected chi connectivity index (χ3v) is 5.91. The van der Waals surface area contributed by atoms with E-state index in [9.17, 15) is 19.5 Å². The quantitative estimate of drug-likeness (QED) is 0.473. The minimum Gasteiger partial charge on any atom is -0.478 e. The Hall–Kier alpha value is -3.78. The van der Waals surface area contributed by atoms with Crippen LogP contribution in [0, 0.1) is 20.8 Å². The van der Waals surface area contributed by atoms with E-state index in [-0.39, 0.29) is 17.5 Å². The summed E-state index contributed by atoms with van der Waals surface area (Å²) in [5.74, 6) is -1.29. The molecule has 0 aliphatic carbocycles. The van der Waals surface area contributed by atoms with Gasteiger partial charge in [0.1, 0.15) is 17.2 Å². The first-order valence-corrected chi connectivity index (χ1v) is 10.8. The Morgan fingerprint density at radius 2 is 1.69 bits per heavy atom. The number of nitrogens with zero attached hydrogens (tertiary/aromatic N) is 2. The monoisotopic (exact) mass is 447 g/mol. The van der Waals surface area contributed by atoms with E-state index in [0.29, 0.717) is 21.9 Å².